The van der Waals surface area contributed by atoms with Crippen molar-refractivity contribution in [2.45, 2.75) is 18.9 Å². The van der Waals surface area contributed by atoms with E-state index in [0.717, 1.165) is 6.54 Å². The van der Waals surface area contributed by atoms with Crippen LogP contribution in [-0.4, -0.2) is 23.8 Å². The molecular weight excluding hydrogens is 102 g/mol. The molecule has 1 N–H and O–H groups in total. The Kier molecular flexibility index (Phi) is 2.54. The first-order valence-electron chi connectivity index (χ1n) is 2.71. The Balaban J connectivity index is 3.15. The first kappa shape index (κ1) is 7.18. The summed E-state index contributed by atoms with van der Waals surface area (Å²) in [6.07, 6.45) is 0. The van der Waals surface area contributed by atoms with E-state index in [9.17, 15) is 0 Å². The lowest BCUT2D eigenvalue weighted by Gasteiger charge is -2.15. The van der Waals surface area contributed by atoms with Crippen molar-refractivity contribution in [2.24, 2.45) is 0 Å². The second-order valence-electron chi connectivity index (χ2n) is 3.09. The number of rotatable bonds is 2. The van der Waals surface area contributed by atoms with Gasteiger partial charge in [0.2, 0.25) is 0 Å². The molecule has 44 valence electrons. The quantitative estimate of drug-likeness (QED) is 0.493. The summed E-state index contributed by atoms with van der Waals surface area (Å²) in [5.41, 5.74) is 0. The molecule has 0 bridgehead atoms. The number of nitrogens with one attached hydrogen (secondary N) is 1. The molecule has 0 saturated heterocycles. The minimum absolute atomic E-state index is 0.578. The van der Waals surface area contributed by atoms with Gasteiger partial charge in [0.1, 0.15) is 0 Å². The summed E-state index contributed by atoms with van der Waals surface area (Å²) in [5, 5.41) is 3.72. The third kappa shape index (κ3) is 6.18. The Morgan fingerprint density at radius 3 is 2.00 bits per heavy atom. The van der Waals surface area contributed by atoms with Crippen LogP contribution in [0, 0.1) is 0 Å². The molecule has 0 atom stereocenters. The van der Waals surface area contributed by atoms with E-state index in [1.54, 1.807) is 0 Å². The fourth-order valence-electron chi connectivity index (χ4n) is 0.530. The van der Waals surface area contributed by atoms with Crippen LogP contribution in [0.3, 0.4) is 0 Å². The third-order valence-electron chi connectivity index (χ3n) is 0.707. The molecule has 0 aliphatic rings. The maximum atomic E-state index is 3.14. The van der Waals surface area contributed by atoms with E-state index >= 15 is 0 Å². The molecule has 0 amide bonds. The molecule has 0 heterocycles. The van der Waals surface area contributed by atoms with Crippen LogP contribution in [0.1, 0.15) is 13.8 Å². The monoisotopic (exact) mass is 117 g/mol. The predicted octanol–water partition coefficient (Wildman–Crippen LogP) is -0.230. The van der Waals surface area contributed by atoms with Gasteiger partial charge in [0.05, 0.1) is 0 Å². The molecule has 1 nitrogen and oxygen atoms in total. The van der Waals surface area contributed by atoms with Gasteiger partial charge in [0.25, 0.3) is 0 Å². The zero-order chi connectivity index (χ0) is 5.91. The zero-order valence-corrected chi connectivity index (χ0v) is 7.71. The number of hydrogen-bond donors (Lipinski definition) is 1. The minimum atomic E-state index is 0.578. The molecule has 0 unspecified atom stereocenters. The summed E-state index contributed by atoms with van der Waals surface area (Å²) in [5.74, 6) is 0. The van der Waals surface area contributed by atoms with Crippen LogP contribution in [0.4, 0.5) is 0 Å². The molecule has 0 saturated carbocycles. The van der Waals surface area contributed by atoms with Crippen LogP contribution in [-0.2, 0) is 0 Å². The largest absolute Gasteiger partial charge is 0.320 e. The second kappa shape index (κ2) is 2.48. The summed E-state index contributed by atoms with van der Waals surface area (Å²) in [7, 11) is 3.27. The Bertz CT molecular complexity index is 46.5. The van der Waals surface area contributed by atoms with E-state index in [2.05, 4.69) is 19.2 Å². The molecule has 0 spiro atoms. The van der Waals surface area contributed by atoms with E-state index < -0.39 is 0 Å². The SMILES string of the molecule is CNCC(C)(C)[SiH3]. The highest BCUT2D eigenvalue weighted by Crippen LogP contribution is 2.14. The highest BCUT2D eigenvalue weighted by molar-refractivity contribution is 6.14. The van der Waals surface area contributed by atoms with Gasteiger partial charge in [-0.05, 0) is 18.6 Å². The molecule has 0 aliphatic carbocycles. The van der Waals surface area contributed by atoms with Crippen molar-refractivity contribution in [1.82, 2.24) is 5.32 Å². The van der Waals surface area contributed by atoms with Gasteiger partial charge in [0.15, 0.2) is 0 Å². The van der Waals surface area contributed by atoms with Crippen molar-refractivity contribution in [2.75, 3.05) is 13.6 Å². The zero-order valence-electron chi connectivity index (χ0n) is 5.71. The van der Waals surface area contributed by atoms with Crippen molar-refractivity contribution < 1.29 is 0 Å². The number of hydrogen-bond acceptors (Lipinski definition) is 1. The van der Waals surface area contributed by atoms with Crippen molar-refractivity contribution in [3.63, 3.8) is 0 Å². The normalized spacial score (nSPS) is 12.4. The van der Waals surface area contributed by atoms with Gasteiger partial charge in [-0.15, -0.1) is 0 Å². The molecule has 0 aromatic carbocycles. The van der Waals surface area contributed by atoms with E-state index in [4.69, 9.17) is 0 Å². The highest BCUT2D eigenvalue weighted by Gasteiger charge is 2.06. The van der Waals surface area contributed by atoms with E-state index in [0.29, 0.717) is 5.04 Å². The maximum Gasteiger partial charge on any atom is 0.0116 e. The molecule has 2 heteroatoms. The summed E-state index contributed by atoms with van der Waals surface area (Å²) in [6.45, 7) is 5.70. The Morgan fingerprint density at radius 2 is 2.00 bits per heavy atom. The summed E-state index contributed by atoms with van der Waals surface area (Å²) in [6, 6.07) is 0. The molecule has 0 fully saturated rings. The standard InChI is InChI=1S/C5H15NSi/c1-5(2,7)4-6-3/h6H,4H2,1-3,7H3. The second-order valence-corrected chi connectivity index (χ2v) is 5.80. The Hall–Kier alpha value is 0.177. The van der Waals surface area contributed by atoms with Crippen LogP contribution in [0.5, 0.6) is 0 Å². The van der Waals surface area contributed by atoms with Gasteiger partial charge >= 0.3 is 0 Å². The van der Waals surface area contributed by atoms with Gasteiger partial charge < -0.3 is 5.32 Å². The summed E-state index contributed by atoms with van der Waals surface area (Å²) < 4.78 is 0. The molecule has 0 rings (SSSR count). The fourth-order valence-corrected chi connectivity index (χ4v) is 0.884. The van der Waals surface area contributed by atoms with Crippen LogP contribution >= 0.6 is 0 Å². The van der Waals surface area contributed by atoms with Gasteiger partial charge in [0, 0.05) is 10.2 Å². The van der Waals surface area contributed by atoms with Crippen LogP contribution < -0.4 is 5.32 Å². The Labute approximate surface area is 48.9 Å². The van der Waals surface area contributed by atoms with Crippen molar-refractivity contribution in [1.29, 1.82) is 0 Å². The topological polar surface area (TPSA) is 12.0 Å². The average molecular weight is 117 g/mol. The van der Waals surface area contributed by atoms with Crippen LogP contribution in [0.15, 0.2) is 0 Å². The maximum absolute atomic E-state index is 3.14. The lowest BCUT2D eigenvalue weighted by atomic mass is 10.2. The first-order valence-corrected chi connectivity index (χ1v) is 3.71. The fraction of sp³-hybridized carbons (Fsp3) is 1.00. The van der Waals surface area contributed by atoms with Crippen molar-refractivity contribution >= 4 is 10.2 Å². The third-order valence-corrected chi connectivity index (χ3v) is 1.06. The van der Waals surface area contributed by atoms with E-state index in [1.807, 2.05) is 7.05 Å². The van der Waals surface area contributed by atoms with Gasteiger partial charge in [-0.3, -0.25) is 0 Å². The first-order chi connectivity index (χ1) is 3.06. The van der Waals surface area contributed by atoms with Crippen molar-refractivity contribution in [3.05, 3.63) is 0 Å². The molecule has 7 heavy (non-hydrogen) atoms. The summed E-state index contributed by atoms with van der Waals surface area (Å²) in [4.78, 5) is 0. The molecular formula is C5H15NSi. The molecule has 0 aliphatic heterocycles. The van der Waals surface area contributed by atoms with Crippen LogP contribution in [0.25, 0.3) is 0 Å². The van der Waals surface area contributed by atoms with Crippen LogP contribution in [0.2, 0.25) is 5.04 Å². The van der Waals surface area contributed by atoms with E-state index in [1.165, 1.54) is 10.2 Å². The highest BCUT2D eigenvalue weighted by atomic mass is 28.1. The molecule has 0 aromatic heterocycles. The molecule has 0 radical (unpaired) electrons. The lowest BCUT2D eigenvalue weighted by Crippen LogP contribution is -2.20. The lowest BCUT2D eigenvalue weighted by molar-refractivity contribution is 0.618. The van der Waals surface area contributed by atoms with Gasteiger partial charge in [-0.25, -0.2) is 0 Å². The summed E-state index contributed by atoms with van der Waals surface area (Å²) >= 11 is 0. The van der Waals surface area contributed by atoms with E-state index in [-0.39, 0.29) is 0 Å². The average Bonchev–Trinajstić information content (AvgIpc) is 1.30. The smallest absolute Gasteiger partial charge is 0.0116 e. The predicted molar refractivity (Wildman–Crippen MR) is 37.9 cm³/mol. The Morgan fingerprint density at radius 1 is 1.57 bits per heavy atom. The molecule has 0 aromatic rings. The van der Waals surface area contributed by atoms with Gasteiger partial charge in [-0.2, -0.15) is 0 Å². The van der Waals surface area contributed by atoms with Gasteiger partial charge in [-0.1, -0.05) is 13.8 Å². The minimum Gasteiger partial charge on any atom is -0.320 e. The van der Waals surface area contributed by atoms with Crippen molar-refractivity contribution in [3.8, 4) is 0 Å².